The molecule has 4 N–H and O–H groups in total. The normalized spacial score (nSPS) is 11.1. The number of nitrogens with one attached hydrogen (secondary N) is 2. The number of hydrogen-bond acceptors (Lipinski definition) is 7. The van der Waals surface area contributed by atoms with Gasteiger partial charge in [0.05, 0.1) is 5.71 Å². The van der Waals surface area contributed by atoms with Crippen LogP contribution in [-0.2, 0) is 4.79 Å². The fourth-order valence-corrected chi connectivity index (χ4v) is 1.60. The van der Waals surface area contributed by atoms with Crippen LogP contribution < -0.4 is 16.5 Å². The van der Waals surface area contributed by atoms with Gasteiger partial charge in [-0.2, -0.15) is 5.10 Å². The highest BCUT2D eigenvalue weighted by molar-refractivity contribution is 6.01. The van der Waals surface area contributed by atoms with E-state index in [4.69, 9.17) is 5.73 Å². The number of carbonyl (C=O) groups excluding carboxylic acids is 2. The van der Waals surface area contributed by atoms with Crippen molar-refractivity contribution in [1.82, 2.24) is 15.7 Å². The van der Waals surface area contributed by atoms with Gasteiger partial charge in [-0.1, -0.05) is 12.1 Å². The Bertz CT molecular complexity index is 720. The van der Waals surface area contributed by atoms with Crippen molar-refractivity contribution < 1.29 is 14.2 Å². The Kier molecular flexibility index (Phi) is 4.47. The van der Waals surface area contributed by atoms with Crippen molar-refractivity contribution in [2.24, 2.45) is 5.10 Å². The van der Waals surface area contributed by atoms with Crippen LogP contribution in [0.1, 0.15) is 29.9 Å². The lowest BCUT2D eigenvalue weighted by atomic mass is 10.1. The Balaban J connectivity index is 2.04. The van der Waals surface area contributed by atoms with Gasteiger partial charge in [0.15, 0.2) is 0 Å². The number of nitrogens with two attached hydrogens (primary N) is 1. The second-order valence-electron chi connectivity index (χ2n) is 4.39. The van der Waals surface area contributed by atoms with Crippen LogP contribution in [0.4, 0.5) is 11.5 Å². The molecule has 22 heavy (non-hydrogen) atoms. The largest absolute Gasteiger partial charge is 0.379 e. The van der Waals surface area contributed by atoms with Gasteiger partial charge in [0.25, 0.3) is 5.91 Å². The maximum absolute atomic E-state index is 11.7. The number of amides is 2. The lowest BCUT2D eigenvalue weighted by Crippen LogP contribution is -2.20. The zero-order valence-electron chi connectivity index (χ0n) is 12.0. The van der Waals surface area contributed by atoms with Gasteiger partial charge in [-0.05, 0) is 34.9 Å². The van der Waals surface area contributed by atoms with E-state index in [9.17, 15) is 9.59 Å². The lowest BCUT2D eigenvalue weighted by molar-refractivity contribution is -0.114. The molecule has 9 heteroatoms. The van der Waals surface area contributed by atoms with Crippen LogP contribution in [0.2, 0.25) is 0 Å². The fraction of sp³-hybridized carbons (Fsp3) is 0.154. The third-order valence-electron chi connectivity index (χ3n) is 2.68. The Hall–Kier alpha value is -3.23. The van der Waals surface area contributed by atoms with Gasteiger partial charge in [-0.15, -0.1) is 0 Å². The molecule has 0 saturated heterocycles. The molecule has 2 amide bonds. The minimum atomic E-state index is -0.618. The highest BCUT2D eigenvalue weighted by atomic mass is 16.6. The van der Waals surface area contributed by atoms with Crippen molar-refractivity contribution >= 4 is 29.0 Å². The third kappa shape index (κ3) is 3.66. The maximum Gasteiger partial charge on any atom is 0.297 e. The van der Waals surface area contributed by atoms with Crippen LogP contribution in [0.5, 0.6) is 0 Å². The molecule has 0 fully saturated rings. The summed E-state index contributed by atoms with van der Waals surface area (Å²) in [5, 5.41) is 13.3. The van der Waals surface area contributed by atoms with Crippen LogP contribution in [0.3, 0.4) is 0 Å². The Labute approximate surface area is 125 Å². The van der Waals surface area contributed by atoms with E-state index in [2.05, 4.69) is 30.8 Å². The van der Waals surface area contributed by atoms with Gasteiger partial charge in [0, 0.05) is 12.6 Å². The molecule has 0 atom stereocenters. The van der Waals surface area contributed by atoms with E-state index in [-0.39, 0.29) is 17.4 Å². The van der Waals surface area contributed by atoms with Crippen molar-refractivity contribution in [1.29, 1.82) is 0 Å². The van der Waals surface area contributed by atoms with Gasteiger partial charge in [-0.3, -0.25) is 9.59 Å². The summed E-state index contributed by atoms with van der Waals surface area (Å²) in [6.07, 6.45) is 0. The molecule has 0 unspecified atom stereocenters. The molecule has 0 bridgehead atoms. The molecule has 0 aliphatic heterocycles. The number of hydrogen-bond donors (Lipinski definition) is 3. The average Bonchev–Trinajstić information content (AvgIpc) is 2.91. The van der Waals surface area contributed by atoms with Gasteiger partial charge in [-0.25, -0.2) is 10.1 Å². The number of benzene rings is 1. The third-order valence-corrected chi connectivity index (χ3v) is 2.68. The average molecular weight is 302 g/mol. The smallest absolute Gasteiger partial charge is 0.297 e. The SMILES string of the molecule is CC(=O)Nc1ccc(C(C)=NNC(=O)c2nonc2N)cc1. The summed E-state index contributed by atoms with van der Waals surface area (Å²) in [7, 11) is 0. The second-order valence-corrected chi connectivity index (χ2v) is 4.39. The number of anilines is 2. The number of nitrogens with zero attached hydrogens (tertiary/aromatic N) is 3. The molecule has 114 valence electrons. The van der Waals surface area contributed by atoms with Crippen LogP contribution in [0, 0.1) is 0 Å². The first-order valence-electron chi connectivity index (χ1n) is 6.28. The van der Waals surface area contributed by atoms with E-state index in [0.717, 1.165) is 5.56 Å². The Morgan fingerprint density at radius 1 is 1.18 bits per heavy atom. The van der Waals surface area contributed by atoms with E-state index >= 15 is 0 Å². The number of aromatic nitrogens is 2. The first-order chi connectivity index (χ1) is 10.5. The molecule has 1 aromatic carbocycles. The van der Waals surface area contributed by atoms with Gasteiger partial charge < -0.3 is 11.1 Å². The van der Waals surface area contributed by atoms with Gasteiger partial charge >= 0.3 is 0 Å². The minimum absolute atomic E-state index is 0.106. The van der Waals surface area contributed by atoms with Crippen molar-refractivity contribution in [2.75, 3.05) is 11.1 Å². The van der Waals surface area contributed by atoms with E-state index in [1.165, 1.54) is 6.92 Å². The van der Waals surface area contributed by atoms with Crippen molar-refractivity contribution in [2.45, 2.75) is 13.8 Å². The van der Waals surface area contributed by atoms with Gasteiger partial charge in [0.1, 0.15) is 0 Å². The summed E-state index contributed by atoms with van der Waals surface area (Å²) < 4.78 is 4.33. The summed E-state index contributed by atoms with van der Waals surface area (Å²) >= 11 is 0. The summed E-state index contributed by atoms with van der Waals surface area (Å²) in [6, 6.07) is 7.00. The lowest BCUT2D eigenvalue weighted by Gasteiger charge is -2.04. The molecule has 1 heterocycles. The summed E-state index contributed by atoms with van der Waals surface area (Å²) in [6.45, 7) is 3.15. The van der Waals surface area contributed by atoms with E-state index < -0.39 is 5.91 Å². The molecular weight excluding hydrogens is 288 g/mol. The fourth-order valence-electron chi connectivity index (χ4n) is 1.60. The van der Waals surface area contributed by atoms with Crippen LogP contribution >= 0.6 is 0 Å². The van der Waals surface area contributed by atoms with E-state index in [1.54, 1.807) is 31.2 Å². The monoisotopic (exact) mass is 302 g/mol. The zero-order chi connectivity index (χ0) is 16.1. The molecule has 0 radical (unpaired) electrons. The number of rotatable bonds is 4. The summed E-state index contributed by atoms with van der Waals surface area (Å²) in [4.78, 5) is 22.7. The molecule has 0 aliphatic carbocycles. The topological polar surface area (TPSA) is 136 Å². The molecule has 0 aliphatic rings. The summed E-state index contributed by atoms with van der Waals surface area (Å²) in [5.74, 6) is -0.873. The van der Waals surface area contributed by atoms with Crippen molar-refractivity contribution in [3.63, 3.8) is 0 Å². The summed E-state index contributed by atoms with van der Waals surface area (Å²) in [5.41, 5.74) is 9.61. The first-order valence-corrected chi connectivity index (χ1v) is 6.28. The first kappa shape index (κ1) is 15.2. The molecule has 0 saturated carbocycles. The molecule has 9 nitrogen and oxygen atoms in total. The predicted octanol–water partition coefficient (Wildman–Crippen LogP) is 0.764. The minimum Gasteiger partial charge on any atom is -0.379 e. The molecular formula is C13H14N6O3. The van der Waals surface area contributed by atoms with Crippen LogP contribution in [-0.4, -0.2) is 27.8 Å². The molecule has 1 aromatic heterocycles. The highest BCUT2D eigenvalue weighted by Gasteiger charge is 2.15. The van der Waals surface area contributed by atoms with Crippen LogP contribution in [0.25, 0.3) is 0 Å². The standard InChI is InChI=1S/C13H14N6O3/c1-7(9-3-5-10(6-4-9)15-8(2)20)16-17-13(21)11-12(14)19-22-18-11/h3-6H,1-2H3,(H2,14,19)(H,15,20)(H,17,21). The molecule has 2 aromatic rings. The van der Waals surface area contributed by atoms with E-state index in [0.29, 0.717) is 11.4 Å². The second kappa shape index (κ2) is 6.48. The molecule has 0 spiro atoms. The number of carbonyl (C=O) groups is 2. The Morgan fingerprint density at radius 2 is 1.86 bits per heavy atom. The maximum atomic E-state index is 11.7. The van der Waals surface area contributed by atoms with Crippen LogP contribution in [0.15, 0.2) is 34.0 Å². The quantitative estimate of drug-likeness (QED) is 0.563. The zero-order valence-corrected chi connectivity index (χ0v) is 12.0. The van der Waals surface area contributed by atoms with Crippen molar-refractivity contribution in [3.8, 4) is 0 Å². The van der Waals surface area contributed by atoms with E-state index in [1.807, 2.05) is 0 Å². The van der Waals surface area contributed by atoms with Gasteiger partial charge in [0.2, 0.25) is 17.4 Å². The number of hydrazone groups is 1. The molecule has 2 rings (SSSR count). The predicted molar refractivity (Wildman–Crippen MR) is 79.1 cm³/mol. The number of nitrogen functional groups attached to an aromatic ring is 1. The van der Waals surface area contributed by atoms with Crippen molar-refractivity contribution in [3.05, 3.63) is 35.5 Å². The highest BCUT2D eigenvalue weighted by Crippen LogP contribution is 2.10. The Morgan fingerprint density at radius 3 is 2.41 bits per heavy atom.